The molecule has 1 saturated heterocycles. The molecule has 4 nitrogen and oxygen atoms in total. The zero-order valence-electron chi connectivity index (χ0n) is 21.7. The van der Waals surface area contributed by atoms with E-state index < -0.39 is 0 Å². The summed E-state index contributed by atoms with van der Waals surface area (Å²) < 4.78 is 12.0. The zero-order valence-corrected chi connectivity index (χ0v) is 21.7. The highest BCUT2D eigenvalue weighted by Crippen LogP contribution is 2.89. The number of aliphatic hydroxyl groups is 1. The van der Waals surface area contributed by atoms with Gasteiger partial charge in [0.2, 0.25) is 0 Å². The predicted molar refractivity (Wildman–Crippen MR) is 127 cm³/mol. The average Bonchev–Trinajstić information content (AvgIpc) is 3.11. The van der Waals surface area contributed by atoms with Crippen LogP contribution in [-0.2, 0) is 14.3 Å². The second kappa shape index (κ2) is 6.99. The zero-order chi connectivity index (χ0) is 23.6. The highest BCUT2D eigenvalue weighted by Gasteiger charge is 2.84. The van der Waals surface area contributed by atoms with Gasteiger partial charge in [0, 0.05) is 6.92 Å². The molecule has 1 heterocycles. The summed E-state index contributed by atoms with van der Waals surface area (Å²) in [5, 5.41) is 10.9. The van der Waals surface area contributed by atoms with Crippen molar-refractivity contribution >= 4 is 5.97 Å². The van der Waals surface area contributed by atoms with Gasteiger partial charge in [0.25, 0.3) is 0 Å². The monoisotopic (exact) mass is 458 g/mol. The minimum absolute atomic E-state index is 0.0486. The topological polar surface area (TPSA) is 55.8 Å². The normalized spacial score (nSPS) is 58.2. The molecule has 1 aliphatic heterocycles. The number of fused-ring (bicyclic) bond motifs is 4. The summed E-state index contributed by atoms with van der Waals surface area (Å²) in [5.74, 6) is 4.12. The molecule has 5 aliphatic carbocycles. The molecule has 5 unspecified atom stereocenters. The summed E-state index contributed by atoms with van der Waals surface area (Å²) in [6, 6.07) is 0. The van der Waals surface area contributed by atoms with E-state index in [1.54, 1.807) is 0 Å². The molecule has 2 spiro atoms. The van der Waals surface area contributed by atoms with Gasteiger partial charge < -0.3 is 14.6 Å². The average molecular weight is 459 g/mol. The molecule has 0 radical (unpaired) electrons. The SMILES string of the molecule is CC(=O)OCC1C[C@@H](C)C2C(CC3[C@@H]4CCC5C(C)(C)[C@@H](O)CC[C@@]56[C@@H](C)[C@@]46CC[C@]23C)O1. The molecule has 33 heavy (non-hydrogen) atoms. The number of aliphatic hydroxyl groups excluding tert-OH is 1. The Balaban J connectivity index is 1.29. The van der Waals surface area contributed by atoms with Gasteiger partial charge in [0.1, 0.15) is 6.61 Å². The van der Waals surface area contributed by atoms with E-state index in [4.69, 9.17) is 9.47 Å². The lowest BCUT2D eigenvalue weighted by Gasteiger charge is -2.59. The van der Waals surface area contributed by atoms with Gasteiger partial charge in [-0.15, -0.1) is 0 Å². The summed E-state index contributed by atoms with van der Waals surface area (Å²) in [6.07, 6.45) is 10.1. The molecule has 0 aromatic heterocycles. The summed E-state index contributed by atoms with van der Waals surface area (Å²) in [7, 11) is 0. The minimum Gasteiger partial charge on any atom is -0.463 e. The maximum atomic E-state index is 11.4. The minimum atomic E-state index is -0.201. The molecule has 0 aromatic carbocycles. The summed E-state index contributed by atoms with van der Waals surface area (Å²) >= 11 is 0. The van der Waals surface area contributed by atoms with Crippen LogP contribution in [0.15, 0.2) is 0 Å². The van der Waals surface area contributed by atoms with E-state index >= 15 is 0 Å². The Labute approximate surface area is 200 Å². The number of carbonyl (C=O) groups excluding carboxylic acids is 1. The number of hydrogen-bond acceptors (Lipinski definition) is 4. The predicted octanol–water partition coefficient (Wildman–Crippen LogP) is 5.61. The van der Waals surface area contributed by atoms with Crippen LogP contribution in [-0.4, -0.2) is 36.0 Å². The van der Waals surface area contributed by atoms with Crippen molar-refractivity contribution in [2.45, 2.75) is 111 Å². The molecule has 6 rings (SSSR count). The number of carbonyl (C=O) groups is 1. The van der Waals surface area contributed by atoms with Crippen molar-refractivity contribution in [3.63, 3.8) is 0 Å². The summed E-state index contributed by atoms with van der Waals surface area (Å²) in [6.45, 7) is 14.3. The molecule has 6 aliphatic rings. The molecular formula is C29H46O4. The number of ether oxygens (including phenoxy) is 2. The van der Waals surface area contributed by atoms with Crippen LogP contribution < -0.4 is 0 Å². The van der Waals surface area contributed by atoms with Crippen molar-refractivity contribution in [1.82, 2.24) is 0 Å². The molecule has 5 saturated carbocycles. The van der Waals surface area contributed by atoms with Crippen molar-refractivity contribution in [3.8, 4) is 0 Å². The van der Waals surface area contributed by atoms with E-state index in [-0.39, 0.29) is 23.6 Å². The van der Waals surface area contributed by atoms with Gasteiger partial charge >= 0.3 is 5.97 Å². The van der Waals surface area contributed by atoms with Crippen LogP contribution in [0.3, 0.4) is 0 Å². The van der Waals surface area contributed by atoms with E-state index in [1.165, 1.54) is 45.4 Å². The van der Waals surface area contributed by atoms with Crippen molar-refractivity contribution in [1.29, 1.82) is 0 Å². The third kappa shape index (κ3) is 2.64. The maximum absolute atomic E-state index is 11.4. The number of rotatable bonds is 2. The highest BCUT2D eigenvalue weighted by atomic mass is 16.6. The van der Waals surface area contributed by atoms with Gasteiger partial charge in [-0.25, -0.2) is 0 Å². The van der Waals surface area contributed by atoms with Crippen LogP contribution in [0.25, 0.3) is 0 Å². The van der Waals surface area contributed by atoms with Crippen LogP contribution in [0.2, 0.25) is 0 Å². The smallest absolute Gasteiger partial charge is 0.302 e. The molecule has 1 N–H and O–H groups in total. The fraction of sp³-hybridized carbons (Fsp3) is 0.966. The Hall–Kier alpha value is -0.610. The molecule has 4 heteroatoms. The first kappa shape index (κ1) is 22.8. The van der Waals surface area contributed by atoms with E-state index in [0.29, 0.717) is 46.7 Å². The van der Waals surface area contributed by atoms with Gasteiger partial charge in [-0.2, -0.15) is 0 Å². The van der Waals surface area contributed by atoms with Gasteiger partial charge in [-0.05, 0) is 109 Å². The van der Waals surface area contributed by atoms with E-state index in [1.807, 2.05) is 0 Å². The second-order valence-corrected chi connectivity index (χ2v) is 14.1. The lowest BCUT2D eigenvalue weighted by atomic mass is 9.46. The van der Waals surface area contributed by atoms with Crippen molar-refractivity contribution in [3.05, 3.63) is 0 Å². The molecule has 6 fully saturated rings. The Morgan fingerprint density at radius 3 is 2.48 bits per heavy atom. The Morgan fingerprint density at radius 2 is 1.76 bits per heavy atom. The molecular weight excluding hydrogens is 412 g/mol. The lowest BCUT2D eigenvalue weighted by Crippen LogP contribution is -2.54. The van der Waals surface area contributed by atoms with Crippen LogP contribution in [0, 0.1) is 57.2 Å². The van der Waals surface area contributed by atoms with Gasteiger partial charge in [0.15, 0.2) is 0 Å². The van der Waals surface area contributed by atoms with Crippen molar-refractivity contribution in [2.24, 2.45) is 57.2 Å². The number of esters is 1. The first-order valence-electron chi connectivity index (χ1n) is 14.0. The maximum Gasteiger partial charge on any atom is 0.302 e. The van der Waals surface area contributed by atoms with Crippen LogP contribution in [0.4, 0.5) is 0 Å². The fourth-order valence-electron chi connectivity index (χ4n) is 12.0. The van der Waals surface area contributed by atoms with Crippen LogP contribution in [0.1, 0.15) is 92.9 Å². The van der Waals surface area contributed by atoms with E-state index in [2.05, 4.69) is 34.6 Å². The van der Waals surface area contributed by atoms with E-state index in [0.717, 1.165) is 30.6 Å². The highest BCUT2D eigenvalue weighted by molar-refractivity contribution is 5.65. The molecule has 0 aromatic rings. The van der Waals surface area contributed by atoms with Gasteiger partial charge in [0.05, 0.1) is 18.3 Å². The third-order valence-electron chi connectivity index (χ3n) is 13.1. The lowest BCUT2D eigenvalue weighted by molar-refractivity contribution is -0.161. The fourth-order valence-corrected chi connectivity index (χ4v) is 12.0. The first-order chi connectivity index (χ1) is 15.5. The van der Waals surface area contributed by atoms with Crippen LogP contribution >= 0.6 is 0 Å². The Kier molecular flexibility index (Phi) is 4.84. The van der Waals surface area contributed by atoms with Crippen molar-refractivity contribution in [2.75, 3.05) is 6.61 Å². The van der Waals surface area contributed by atoms with Gasteiger partial charge in [-0.1, -0.05) is 34.6 Å². The molecule has 0 bridgehead atoms. The molecule has 186 valence electrons. The first-order valence-corrected chi connectivity index (χ1v) is 14.0. The standard InChI is InChI=1S/C29H46O4/c1-16-13-19(15-32-18(3)30)33-22-14-21-20-7-8-23-26(4,5)24(31)9-10-29(23)17(2)28(20,29)12-11-27(21,6)25(16)22/h16-17,19-25,31H,7-15H2,1-6H3/t16-,17+,19?,20+,21?,22?,23?,24+,25?,27+,28+,29-/m1/s1. The Bertz CT molecular complexity index is 837. The Morgan fingerprint density at radius 1 is 1.00 bits per heavy atom. The molecule has 0 amide bonds. The van der Waals surface area contributed by atoms with E-state index in [9.17, 15) is 9.90 Å². The van der Waals surface area contributed by atoms with Gasteiger partial charge in [-0.3, -0.25) is 4.79 Å². The van der Waals surface area contributed by atoms with Crippen LogP contribution in [0.5, 0.6) is 0 Å². The number of hydrogen-bond donors (Lipinski definition) is 1. The quantitative estimate of drug-likeness (QED) is 0.547. The summed E-state index contributed by atoms with van der Waals surface area (Å²) in [4.78, 5) is 11.4. The van der Waals surface area contributed by atoms with Crippen molar-refractivity contribution < 1.29 is 19.4 Å². The second-order valence-electron chi connectivity index (χ2n) is 14.1. The largest absolute Gasteiger partial charge is 0.463 e. The third-order valence-corrected chi connectivity index (χ3v) is 13.1. The summed E-state index contributed by atoms with van der Waals surface area (Å²) in [5.41, 5.74) is 1.41. The molecule has 12 atom stereocenters.